The van der Waals surface area contributed by atoms with Crippen LogP contribution in [-0.2, 0) is 20.3 Å². The highest BCUT2D eigenvalue weighted by atomic mass is 127. The van der Waals surface area contributed by atoms with Crippen molar-refractivity contribution in [2.75, 3.05) is 52.3 Å². The molecule has 0 spiro atoms. The summed E-state index contributed by atoms with van der Waals surface area (Å²) in [4.78, 5) is 6.97. The number of hydrogen-bond donors (Lipinski definition) is 1. The van der Waals surface area contributed by atoms with Gasteiger partial charge in [-0.15, -0.1) is 24.0 Å². The Balaban J connectivity index is 0.00000625. The first-order valence-corrected chi connectivity index (χ1v) is 10.7. The molecule has 26 heavy (non-hydrogen) atoms. The van der Waals surface area contributed by atoms with Crippen molar-refractivity contribution in [3.8, 4) is 0 Å². The van der Waals surface area contributed by atoms with Crippen LogP contribution in [0.1, 0.15) is 47.0 Å². The number of aliphatic imine (C=N–C) groups is 1. The lowest BCUT2D eigenvalue weighted by atomic mass is 10.1. The summed E-state index contributed by atoms with van der Waals surface area (Å²) in [7, 11) is 0.862. The largest absolute Gasteiger partial charge is 0.385 e. The Morgan fingerprint density at radius 2 is 1.92 bits per heavy atom. The molecule has 0 aliphatic carbocycles. The highest BCUT2D eigenvalue weighted by molar-refractivity contribution is 14.0. The smallest absolute Gasteiger partial charge is 0.193 e. The van der Waals surface area contributed by atoms with Gasteiger partial charge in [-0.05, 0) is 47.0 Å². The second-order valence-corrected chi connectivity index (χ2v) is 9.63. The summed E-state index contributed by atoms with van der Waals surface area (Å²) in [6.45, 7) is 13.0. The third-order valence-electron chi connectivity index (χ3n) is 4.14. The number of methoxy groups -OCH3 is 1. The fourth-order valence-electron chi connectivity index (χ4n) is 2.65. The Labute approximate surface area is 179 Å². The standard InChI is InChI=1S/C18H37N3O3S.HI/c1-6-19-17(20-10-15-25(22)18(2,3)4)21-11-8-16(9-12-21)24-14-7-13-23-5;/h16H,6-15H2,1-5H3,(H,19,20);1H. The van der Waals surface area contributed by atoms with E-state index in [2.05, 4.69) is 22.1 Å². The van der Waals surface area contributed by atoms with E-state index in [0.29, 0.717) is 18.4 Å². The monoisotopic (exact) mass is 503 g/mol. The third kappa shape index (κ3) is 10.4. The number of halogens is 1. The van der Waals surface area contributed by atoms with E-state index >= 15 is 0 Å². The molecule has 0 aromatic carbocycles. The van der Waals surface area contributed by atoms with Crippen molar-refractivity contribution < 1.29 is 13.7 Å². The molecule has 1 atom stereocenters. The Bertz CT molecular complexity index is 422. The van der Waals surface area contributed by atoms with Crippen molar-refractivity contribution in [2.45, 2.75) is 57.8 Å². The van der Waals surface area contributed by atoms with Gasteiger partial charge in [0.2, 0.25) is 0 Å². The van der Waals surface area contributed by atoms with Crippen molar-refractivity contribution >= 4 is 40.7 Å². The normalized spacial score (nSPS) is 17.7. The second kappa shape index (κ2) is 14.1. The molecule has 6 nitrogen and oxygen atoms in total. The SMILES string of the molecule is CCNC(=NCCS(=O)C(C)(C)C)N1CCC(OCCCOC)CC1.I. The van der Waals surface area contributed by atoms with Gasteiger partial charge >= 0.3 is 0 Å². The predicted octanol–water partition coefficient (Wildman–Crippen LogP) is 2.63. The highest BCUT2D eigenvalue weighted by Crippen LogP contribution is 2.15. The topological polar surface area (TPSA) is 63.2 Å². The van der Waals surface area contributed by atoms with Crippen LogP contribution in [0.2, 0.25) is 0 Å². The van der Waals surface area contributed by atoms with Crippen LogP contribution < -0.4 is 5.32 Å². The van der Waals surface area contributed by atoms with Crippen molar-refractivity contribution in [1.82, 2.24) is 10.2 Å². The zero-order valence-corrected chi connectivity index (χ0v) is 20.2. The Hall–Kier alpha value is 0.0700. The lowest BCUT2D eigenvalue weighted by Gasteiger charge is -2.34. The van der Waals surface area contributed by atoms with Gasteiger partial charge in [0, 0.05) is 61.3 Å². The molecule has 0 amide bonds. The number of ether oxygens (including phenoxy) is 2. The Morgan fingerprint density at radius 3 is 2.46 bits per heavy atom. The van der Waals surface area contributed by atoms with Gasteiger partial charge in [-0.3, -0.25) is 9.20 Å². The fourth-order valence-corrected chi connectivity index (χ4v) is 3.52. The summed E-state index contributed by atoms with van der Waals surface area (Å²) in [5.41, 5.74) is 0. The number of nitrogens with zero attached hydrogens (tertiary/aromatic N) is 2. The minimum Gasteiger partial charge on any atom is -0.385 e. The number of rotatable bonds is 9. The summed E-state index contributed by atoms with van der Waals surface area (Å²) in [6.07, 6.45) is 3.33. The quantitative estimate of drug-likeness (QED) is 0.227. The van der Waals surface area contributed by atoms with Crippen molar-refractivity contribution in [3.05, 3.63) is 0 Å². The third-order valence-corrected chi connectivity index (χ3v) is 6.06. The lowest BCUT2D eigenvalue weighted by Crippen LogP contribution is -2.47. The van der Waals surface area contributed by atoms with Crippen LogP contribution in [0.15, 0.2) is 4.99 Å². The van der Waals surface area contributed by atoms with Gasteiger partial charge < -0.3 is 19.7 Å². The van der Waals surface area contributed by atoms with E-state index in [0.717, 1.165) is 58.1 Å². The van der Waals surface area contributed by atoms with Gasteiger partial charge in [-0.1, -0.05) is 0 Å². The molecule has 1 rings (SSSR count). The molecule has 0 bridgehead atoms. The van der Waals surface area contributed by atoms with Gasteiger partial charge in [0.05, 0.1) is 12.6 Å². The average Bonchev–Trinajstić information content (AvgIpc) is 2.57. The molecule has 1 heterocycles. The first-order valence-electron chi connectivity index (χ1n) is 9.40. The molecule has 1 aliphatic heterocycles. The van der Waals surface area contributed by atoms with Gasteiger partial charge in [0.1, 0.15) is 0 Å². The van der Waals surface area contributed by atoms with Gasteiger partial charge in [0.25, 0.3) is 0 Å². The van der Waals surface area contributed by atoms with Crippen LogP contribution in [-0.4, -0.2) is 78.2 Å². The molecule has 0 aromatic rings. The molecular formula is C18H38IN3O3S. The van der Waals surface area contributed by atoms with Crippen LogP contribution >= 0.6 is 24.0 Å². The second-order valence-electron chi connectivity index (χ2n) is 7.30. The van der Waals surface area contributed by atoms with E-state index in [1.165, 1.54) is 0 Å². The number of hydrogen-bond acceptors (Lipinski definition) is 4. The molecule has 1 saturated heterocycles. The first kappa shape index (κ1) is 26.1. The molecule has 0 saturated carbocycles. The maximum Gasteiger partial charge on any atom is 0.193 e. The molecule has 1 aliphatic rings. The van der Waals surface area contributed by atoms with Crippen LogP contribution in [0.4, 0.5) is 0 Å². The van der Waals surface area contributed by atoms with E-state index in [4.69, 9.17) is 9.47 Å². The van der Waals surface area contributed by atoms with Crippen LogP contribution in [0, 0.1) is 0 Å². The van der Waals surface area contributed by atoms with E-state index in [9.17, 15) is 4.21 Å². The zero-order valence-electron chi connectivity index (χ0n) is 17.1. The van der Waals surface area contributed by atoms with Crippen molar-refractivity contribution in [3.63, 3.8) is 0 Å². The molecular weight excluding hydrogens is 465 g/mol. The zero-order chi connectivity index (χ0) is 18.7. The Kier molecular flexibility index (Phi) is 14.2. The molecule has 1 unspecified atom stereocenters. The number of nitrogens with one attached hydrogen (secondary N) is 1. The number of guanidine groups is 1. The van der Waals surface area contributed by atoms with Gasteiger partial charge in [0.15, 0.2) is 5.96 Å². The minimum absolute atomic E-state index is 0. The molecule has 0 radical (unpaired) electrons. The first-order chi connectivity index (χ1) is 11.9. The summed E-state index contributed by atoms with van der Waals surface area (Å²) < 4.78 is 22.9. The lowest BCUT2D eigenvalue weighted by molar-refractivity contribution is 0.00991. The maximum atomic E-state index is 12.2. The van der Waals surface area contributed by atoms with E-state index < -0.39 is 10.8 Å². The van der Waals surface area contributed by atoms with Crippen LogP contribution in [0.25, 0.3) is 0 Å². The fraction of sp³-hybridized carbons (Fsp3) is 0.944. The minimum atomic E-state index is -0.858. The highest BCUT2D eigenvalue weighted by Gasteiger charge is 2.22. The summed E-state index contributed by atoms with van der Waals surface area (Å²) in [5.74, 6) is 1.54. The summed E-state index contributed by atoms with van der Waals surface area (Å²) >= 11 is 0. The van der Waals surface area contributed by atoms with E-state index in [1.807, 2.05) is 20.8 Å². The van der Waals surface area contributed by atoms with E-state index in [-0.39, 0.29) is 28.7 Å². The molecule has 0 aromatic heterocycles. The van der Waals surface area contributed by atoms with Crippen LogP contribution in [0.3, 0.4) is 0 Å². The molecule has 8 heteroatoms. The number of piperidine rings is 1. The van der Waals surface area contributed by atoms with Gasteiger partial charge in [-0.2, -0.15) is 0 Å². The molecule has 1 N–H and O–H groups in total. The summed E-state index contributed by atoms with van der Waals surface area (Å²) in [6, 6.07) is 0. The predicted molar refractivity (Wildman–Crippen MR) is 121 cm³/mol. The number of likely N-dealkylation sites (tertiary alicyclic amines) is 1. The molecule has 156 valence electrons. The molecule has 1 fully saturated rings. The van der Waals surface area contributed by atoms with E-state index in [1.54, 1.807) is 7.11 Å². The maximum absolute atomic E-state index is 12.2. The van der Waals surface area contributed by atoms with Crippen molar-refractivity contribution in [1.29, 1.82) is 0 Å². The summed E-state index contributed by atoms with van der Waals surface area (Å²) in [5, 5.41) is 3.36. The Morgan fingerprint density at radius 1 is 1.27 bits per heavy atom. The van der Waals surface area contributed by atoms with Gasteiger partial charge in [-0.25, -0.2) is 0 Å². The van der Waals surface area contributed by atoms with Crippen LogP contribution in [0.5, 0.6) is 0 Å². The average molecular weight is 503 g/mol. The van der Waals surface area contributed by atoms with Crippen molar-refractivity contribution in [2.24, 2.45) is 4.99 Å².